The third-order valence-electron chi connectivity index (χ3n) is 5.31. The summed E-state index contributed by atoms with van der Waals surface area (Å²) in [5, 5.41) is 5.28. The topological polar surface area (TPSA) is 65.5 Å². The molecule has 5 nitrogen and oxygen atoms in total. The van der Waals surface area contributed by atoms with Gasteiger partial charge in [-0.25, -0.2) is 16.3 Å². The number of rotatable bonds is 5. The smallest absolute Gasteiger partial charge is 0.258 e. The molecular weight excluding hydrogens is 431 g/mol. The number of benzene rings is 3. The molecule has 2 atom stereocenters. The summed E-state index contributed by atoms with van der Waals surface area (Å²) in [5.74, 6) is -0.199. The molecule has 3 aromatic rings. The molecule has 0 bridgehead atoms. The van der Waals surface area contributed by atoms with Crippen molar-refractivity contribution in [2.24, 2.45) is 5.10 Å². The molecule has 0 aromatic heterocycles. The van der Waals surface area contributed by atoms with E-state index in [1.165, 1.54) is 0 Å². The monoisotopic (exact) mass is 452 g/mol. The van der Waals surface area contributed by atoms with Crippen LogP contribution in [0.25, 0.3) is 11.1 Å². The number of hydrogen-bond donors (Lipinski definition) is 3. The second-order valence-corrected chi connectivity index (χ2v) is 8.23. The zero-order valence-corrected chi connectivity index (χ0v) is 18.4. The number of amides is 1. The van der Waals surface area contributed by atoms with Crippen LogP contribution in [0.1, 0.15) is 30.5 Å². The fraction of sp³-hybridized carbons (Fsp3) is 0.167. The lowest BCUT2D eigenvalue weighted by Crippen LogP contribution is -2.41. The van der Waals surface area contributed by atoms with E-state index >= 15 is 0 Å². The molecule has 158 valence electrons. The molecule has 7 heteroatoms. The van der Waals surface area contributed by atoms with Crippen LogP contribution in [0.4, 0.5) is 0 Å². The van der Waals surface area contributed by atoms with Gasteiger partial charge in [0, 0.05) is 6.04 Å². The Morgan fingerprint density at radius 2 is 1.65 bits per heavy atom. The van der Waals surface area contributed by atoms with E-state index in [2.05, 4.69) is 45.6 Å². The number of carbonyl (C=O) groups excluding carboxylic acids is 1. The minimum atomic E-state index is -0.406. The lowest BCUT2D eigenvalue weighted by Gasteiger charge is -2.10. The van der Waals surface area contributed by atoms with Gasteiger partial charge in [-0.3, -0.25) is 4.79 Å². The average molecular weight is 453 g/mol. The van der Waals surface area contributed by atoms with Crippen LogP contribution >= 0.6 is 23.2 Å². The number of hydrazone groups is 1. The number of carbonyl (C=O) groups is 1. The zero-order valence-electron chi connectivity index (χ0n) is 16.9. The summed E-state index contributed by atoms with van der Waals surface area (Å²) >= 11 is 12.1. The predicted molar refractivity (Wildman–Crippen MR) is 126 cm³/mol. The van der Waals surface area contributed by atoms with E-state index in [9.17, 15) is 4.79 Å². The summed E-state index contributed by atoms with van der Waals surface area (Å²) < 4.78 is 0. The van der Waals surface area contributed by atoms with Crippen LogP contribution in [-0.2, 0) is 4.79 Å². The van der Waals surface area contributed by atoms with Gasteiger partial charge in [-0.1, -0.05) is 83.9 Å². The molecule has 3 aromatic carbocycles. The molecule has 4 rings (SSSR count). The molecular formula is C24H22Cl2N4O. The van der Waals surface area contributed by atoms with Gasteiger partial charge in [0.2, 0.25) is 0 Å². The Morgan fingerprint density at radius 3 is 2.35 bits per heavy atom. The summed E-state index contributed by atoms with van der Waals surface area (Å²) in [6.45, 7) is 1.87. The zero-order chi connectivity index (χ0) is 21.8. The highest BCUT2D eigenvalue weighted by Gasteiger charge is 2.30. The largest absolute Gasteiger partial charge is 0.271 e. The number of hydrogen-bond acceptors (Lipinski definition) is 4. The number of nitrogens with one attached hydrogen (secondary N) is 3. The molecule has 1 aliphatic heterocycles. The van der Waals surface area contributed by atoms with E-state index in [4.69, 9.17) is 23.2 Å². The second kappa shape index (κ2) is 9.62. The normalized spacial score (nSPS) is 18.7. The first-order chi connectivity index (χ1) is 15.0. The average Bonchev–Trinajstić information content (AvgIpc) is 3.30. The molecule has 2 unspecified atom stereocenters. The summed E-state index contributed by atoms with van der Waals surface area (Å²) in [6.07, 6.45) is 0.574. The van der Waals surface area contributed by atoms with Crippen molar-refractivity contribution in [1.29, 1.82) is 0 Å². The van der Waals surface area contributed by atoms with Crippen LogP contribution in [0.15, 0.2) is 77.9 Å². The second-order valence-electron chi connectivity index (χ2n) is 7.42. The van der Waals surface area contributed by atoms with Gasteiger partial charge in [0.15, 0.2) is 0 Å². The molecule has 31 heavy (non-hydrogen) atoms. The third kappa shape index (κ3) is 5.14. The van der Waals surface area contributed by atoms with E-state index in [1.807, 2.05) is 49.4 Å². The number of halogens is 2. The highest BCUT2D eigenvalue weighted by molar-refractivity contribution is 6.42. The maximum absolute atomic E-state index is 12.6. The van der Waals surface area contributed by atoms with Crippen LogP contribution in [0.3, 0.4) is 0 Å². The molecule has 3 N–H and O–H groups in total. The Hall–Kier alpha value is -2.70. The molecule has 0 radical (unpaired) electrons. The van der Waals surface area contributed by atoms with Crippen LogP contribution in [0.5, 0.6) is 0 Å². The predicted octanol–water partition coefficient (Wildman–Crippen LogP) is 5.11. The van der Waals surface area contributed by atoms with Crippen molar-refractivity contribution in [2.75, 3.05) is 0 Å². The molecule has 1 amide bonds. The maximum Gasteiger partial charge on any atom is 0.258 e. The highest BCUT2D eigenvalue weighted by atomic mass is 35.5. The third-order valence-corrected chi connectivity index (χ3v) is 6.05. The fourth-order valence-corrected chi connectivity index (χ4v) is 3.80. The van der Waals surface area contributed by atoms with Gasteiger partial charge in [0.05, 0.1) is 15.8 Å². The summed E-state index contributed by atoms with van der Waals surface area (Å²) in [6, 6.07) is 23.3. The van der Waals surface area contributed by atoms with E-state index in [-0.39, 0.29) is 11.9 Å². The quantitative estimate of drug-likeness (QED) is 0.372. The standard InChI is InChI=1S/C24H22Cl2N4O/c1-15(16-7-9-18(10-8-16)17-5-3-2-4-6-17)27-30-24(31)23-14-22(28-29-23)19-11-12-20(25)21(26)13-19/h2-13,22-23,28-29H,14H2,1H3,(H,30,31)/b27-15+. The van der Waals surface area contributed by atoms with Crippen LogP contribution in [-0.4, -0.2) is 17.7 Å². The summed E-state index contributed by atoms with van der Waals surface area (Å²) in [7, 11) is 0. The van der Waals surface area contributed by atoms with E-state index in [0.29, 0.717) is 16.5 Å². The first kappa shape index (κ1) is 21.5. The first-order valence-corrected chi connectivity index (χ1v) is 10.7. The Bertz CT molecular complexity index is 1100. The van der Waals surface area contributed by atoms with Gasteiger partial charge in [0.25, 0.3) is 5.91 Å². The van der Waals surface area contributed by atoms with E-state index in [1.54, 1.807) is 6.07 Å². The molecule has 1 fully saturated rings. The first-order valence-electron chi connectivity index (χ1n) is 9.97. The number of hydrazine groups is 1. The molecule has 1 heterocycles. The van der Waals surface area contributed by atoms with Crippen molar-refractivity contribution in [1.82, 2.24) is 16.3 Å². The van der Waals surface area contributed by atoms with Gasteiger partial charge in [0.1, 0.15) is 6.04 Å². The minimum absolute atomic E-state index is 0.0406. The highest BCUT2D eigenvalue weighted by Crippen LogP contribution is 2.29. The van der Waals surface area contributed by atoms with Gasteiger partial charge >= 0.3 is 0 Å². The fourth-order valence-electron chi connectivity index (χ4n) is 3.49. The minimum Gasteiger partial charge on any atom is -0.271 e. The van der Waals surface area contributed by atoms with Gasteiger partial charge in [-0.2, -0.15) is 5.10 Å². The molecule has 0 aliphatic carbocycles. The van der Waals surface area contributed by atoms with Crippen molar-refractivity contribution < 1.29 is 4.79 Å². The van der Waals surface area contributed by atoms with Crippen molar-refractivity contribution >= 4 is 34.8 Å². The van der Waals surface area contributed by atoms with Crippen LogP contribution in [0, 0.1) is 0 Å². The Balaban J connectivity index is 1.36. The van der Waals surface area contributed by atoms with Crippen LogP contribution in [0.2, 0.25) is 10.0 Å². The summed E-state index contributed by atoms with van der Waals surface area (Å²) in [4.78, 5) is 12.6. The number of nitrogens with zero attached hydrogens (tertiary/aromatic N) is 1. The van der Waals surface area contributed by atoms with E-state index < -0.39 is 6.04 Å². The van der Waals surface area contributed by atoms with Crippen LogP contribution < -0.4 is 16.3 Å². The van der Waals surface area contributed by atoms with Crippen molar-refractivity contribution in [3.8, 4) is 11.1 Å². The Morgan fingerprint density at radius 1 is 0.935 bits per heavy atom. The van der Waals surface area contributed by atoms with Crippen molar-refractivity contribution in [2.45, 2.75) is 25.4 Å². The maximum atomic E-state index is 12.6. The van der Waals surface area contributed by atoms with Crippen molar-refractivity contribution in [3.05, 3.63) is 94.0 Å². The van der Waals surface area contributed by atoms with Gasteiger partial charge in [-0.05, 0) is 47.7 Å². The molecule has 0 saturated carbocycles. The molecule has 0 spiro atoms. The summed E-state index contributed by atoms with van der Waals surface area (Å²) in [5.41, 5.74) is 13.8. The molecule has 1 saturated heterocycles. The lowest BCUT2D eigenvalue weighted by molar-refractivity contribution is -0.122. The van der Waals surface area contributed by atoms with Gasteiger partial charge in [-0.15, -0.1) is 0 Å². The van der Waals surface area contributed by atoms with Gasteiger partial charge < -0.3 is 0 Å². The Kier molecular flexibility index (Phi) is 6.68. The molecule has 1 aliphatic rings. The lowest BCUT2D eigenvalue weighted by atomic mass is 10.0. The van der Waals surface area contributed by atoms with E-state index in [0.717, 1.165) is 28.0 Å². The van der Waals surface area contributed by atoms with Crippen molar-refractivity contribution in [3.63, 3.8) is 0 Å². The SMILES string of the molecule is C/C(=N\NC(=O)C1CC(c2ccc(Cl)c(Cl)c2)NN1)c1ccc(-c2ccccc2)cc1. The Labute approximate surface area is 191 Å².